The van der Waals surface area contributed by atoms with Crippen LogP contribution in [0.4, 0.5) is 0 Å². The quantitative estimate of drug-likeness (QED) is 0.855. The third-order valence-corrected chi connectivity index (χ3v) is 3.91. The van der Waals surface area contributed by atoms with Gasteiger partial charge in [-0.05, 0) is 12.8 Å². The third kappa shape index (κ3) is 2.31. The van der Waals surface area contributed by atoms with Crippen molar-refractivity contribution in [1.29, 1.82) is 0 Å². The van der Waals surface area contributed by atoms with Crippen LogP contribution >= 0.6 is 11.3 Å². The molecule has 1 aliphatic rings. The Morgan fingerprint density at radius 3 is 2.59 bits per heavy atom. The van der Waals surface area contributed by atoms with E-state index in [1.54, 1.807) is 5.38 Å². The zero-order valence-corrected chi connectivity index (χ0v) is 10.5. The fraction of sp³-hybridized carbons (Fsp3) is 0.545. The summed E-state index contributed by atoms with van der Waals surface area (Å²) in [6.07, 6.45) is 0.991. The van der Waals surface area contributed by atoms with Crippen LogP contribution in [0.15, 0.2) is 5.38 Å². The summed E-state index contributed by atoms with van der Waals surface area (Å²) in [7, 11) is 0. The summed E-state index contributed by atoms with van der Waals surface area (Å²) < 4.78 is 0. The Morgan fingerprint density at radius 2 is 2.18 bits per heavy atom. The van der Waals surface area contributed by atoms with Crippen molar-refractivity contribution in [2.75, 3.05) is 0 Å². The van der Waals surface area contributed by atoms with E-state index in [0.29, 0.717) is 18.5 Å². The molecule has 5 nitrogen and oxygen atoms in total. The summed E-state index contributed by atoms with van der Waals surface area (Å²) in [4.78, 5) is 26.9. The number of carboxylic acid groups (broad SMARTS) is 1. The van der Waals surface area contributed by atoms with Crippen LogP contribution in [0.5, 0.6) is 0 Å². The van der Waals surface area contributed by atoms with Crippen molar-refractivity contribution in [1.82, 2.24) is 10.3 Å². The Hall–Kier alpha value is -1.43. The molecule has 2 N–H and O–H groups in total. The molecule has 0 bridgehead atoms. The number of amides is 1. The lowest BCUT2D eigenvalue weighted by molar-refractivity contribution is -0.140. The van der Waals surface area contributed by atoms with Crippen LogP contribution in [0, 0.1) is 0 Å². The van der Waals surface area contributed by atoms with E-state index in [1.807, 2.05) is 13.8 Å². The third-order valence-electron chi connectivity index (χ3n) is 2.76. The number of hydrogen-bond donors (Lipinski definition) is 2. The van der Waals surface area contributed by atoms with Crippen molar-refractivity contribution in [2.45, 2.75) is 38.1 Å². The molecule has 0 radical (unpaired) electrons. The number of nitrogens with zero attached hydrogens (tertiary/aromatic N) is 1. The first kappa shape index (κ1) is 12.0. The van der Waals surface area contributed by atoms with Crippen LogP contribution in [0.25, 0.3) is 0 Å². The molecular formula is C11H14N2O3S. The van der Waals surface area contributed by atoms with E-state index in [9.17, 15) is 9.59 Å². The molecule has 92 valence electrons. The molecule has 17 heavy (non-hydrogen) atoms. The lowest BCUT2D eigenvalue weighted by Crippen LogP contribution is -2.43. The fourth-order valence-corrected chi connectivity index (χ4v) is 2.27. The summed E-state index contributed by atoms with van der Waals surface area (Å²) in [5.74, 6) is -1.09. The maximum absolute atomic E-state index is 11.8. The van der Waals surface area contributed by atoms with Gasteiger partial charge in [0.1, 0.15) is 11.2 Å². The molecule has 6 heteroatoms. The Balaban J connectivity index is 2.07. The van der Waals surface area contributed by atoms with E-state index in [2.05, 4.69) is 10.3 Å². The van der Waals surface area contributed by atoms with Gasteiger partial charge in [-0.1, -0.05) is 13.8 Å². The van der Waals surface area contributed by atoms with Gasteiger partial charge in [-0.25, -0.2) is 9.78 Å². The summed E-state index contributed by atoms with van der Waals surface area (Å²) >= 11 is 1.42. The van der Waals surface area contributed by atoms with Gasteiger partial charge in [0, 0.05) is 11.3 Å². The molecule has 1 aliphatic carbocycles. The molecule has 0 atom stereocenters. The monoisotopic (exact) mass is 254 g/mol. The van der Waals surface area contributed by atoms with Gasteiger partial charge in [0.2, 0.25) is 0 Å². The van der Waals surface area contributed by atoms with Gasteiger partial charge in [0.05, 0.1) is 5.01 Å². The maximum atomic E-state index is 11.8. The molecule has 1 aromatic rings. The summed E-state index contributed by atoms with van der Waals surface area (Å²) in [6, 6.07) is 0. The minimum atomic E-state index is -1.04. The zero-order chi connectivity index (χ0) is 12.6. The predicted molar refractivity (Wildman–Crippen MR) is 63.3 cm³/mol. The van der Waals surface area contributed by atoms with Crippen molar-refractivity contribution in [3.63, 3.8) is 0 Å². The Morgan fingerprint density at radius 1 is 1.53 bits per heavy atom. The topological polar surface area (TPSA) is 79.3 Å². The zero-order valence-electron chi connectivity index (χ0n) is 9.69. The Labute approximate surface area is 103 Å². The normalized spacial score (nSPS) is 16.9. The molecular weight excluding hydrogens is 240 g/mol. The number of carboxylic acids is 1. The fourth-order valence-electron chi connectivity index (χ4n) is 1.46. The molecule has 0 aliphatic heterocycles. The number of thiazole rings is 1. The lowest BCUT2D eigenvalue weighted by atomic mass is 10.2. The summed E-state index contributed by atoms with van der Waals surface area (Å²) in [5.41, 5.74) is -0.732. The molecule has 0 spiro atoms. The van der Waals surface area contributed by atoms with Crippen LogP contribution in [0.2, 0.25) is 0 Å². The number of aromatic nitrogens is 1. The van der Waals surface area contributed by atoms with Gasteiger partial charge in [-0.2, -0.15) is 0 Å². The highest BCUT2D eigenvalue weighted by molar-refractivity contribution is 7.09. The first-order valence-corrected chi connectivity index (χ1v) is 6.34. The Kier molecular flexibility index (Phi) is 2.91. The Bertz CT molecular complexity index is 463. The molecule has 1 amide bonds. The molecule has 2 rings (SSSR count). The molecule has 1 saturated carbocycles. The average Bonchev–Trinajstić information content (AvgIpc) is 2.87. The number of carbonyl (C=O) groups excluding carboxylic acids is 1. The standard InChI is InChI=1S/C11H14N2O3S/c1-6(2)9-12-7(5-17-9)8(14)13-11(3-4-11)10(15)16/h5-6H,3-4H2,1-2H3,(H,13,14)(H,15,16). The van der Waals surface area contributed by atoms with Crippen LogP contribution in [0.3, 0.4) is 0 Å². The van der Waals surface area contributed by atoms with E-state index in [1.165, 1.54) is 11.3 Å². The minimum Gasteiger partial charge on any atom is -0.480 e. The van der Waals surface area contributed by atoms with Crippen molar-refractivity contribution in [3.05, 3.63) is 16.1 Å². The van der Waals surface area contributed by atoms with Gasteiger partial charge in [0.15, 0.2) is 0 Å². The lowest BCUT2D eigenvalue weighted by Gasteiger charge is -2.10. The molecule has 0 aromatic carbocycles. The van der Waals surface area contributed by atoms with Gasteiger partial charge < -0.3 is 10.4 Å². The highest BCUT2D eigenvalue weighted by Crippen LogP contribution is 2.35. The first-order chi connectivity index (χ1) is 7.94. The molecule has 0 saturated heterocycles. The summed E-state index contributed by atoms with van der Waals surface area (Å²) in [5, 5.41) is 14.1. The SMILES string of the molecule is CC(C)c1nc(C(=O)NC2(C(=O)O)CC2)cs1. The number of carbonyl (C=O) groups is 2. The second-order valence-corrected chi connectivity index (χ2v) is 5.46. The van der Waals surface area contributed by atoms with Gasteiger partial charge >= 0.3 is 5.97 Å². The average molecular weight is 254 g/mol. The van der Waals surface area contributed by atoms with Crippen LogP contribution in [0.1, 0.15) is 48.1 Å². The van der Waals surface area contributed by atoms with Crippen molar-refractivity contribution < 1.29 is 14.7 Å². The van der Waals surface area contributed by atoms with Crippen molar-refractivity contribution in [2.24, 2.45) is 0 Å². The second kappa shape index (κ2) is 4.10. The van der Waals surface area contributed by atoms with Crippen LogP contribution in [-0.2, 0) is 4.79 Å². The van der Waals surface area contributed by atoms with E-state index in [4.69, 9.17) is 5.11 Å². The number of hydrogen-bond acceptors (Lipinski definition) is 4. The molecule has 1 aromatic heterocycles. The van der Waals surface area contributed by atoms with E-state index < -0.39 is 17.4 Å². The highest BCUT2D eigenvalue weighted by atomic mass is 32.1. The van der Waals surface area contributed by atoms with Crippen LogP contribution in [-0.4, -0.2) is 27.5 Å². The van der Waals surface area contributed by atoms with Gasteiger partial charge in [-0.3, -0.25) is 4.79 Å². The second-order valence-electron chi connectivity index (χ2n) is 4.57. The van der Waals surface area contributed by atoms with E-state index in [0.717, 1.165) is 5.01 Å². The molecule has 0 unspecified atom stereocenters. The molecule has 1 heterocycles. The number of nitrogens with one attached hydrogen (secondary N) is 1. The largest absolute Gasteiger partial charge is 0.480 e. The first-order valence-electron chi connectivity index (χ1n) is 5.46. The van der Waals surface area contributed by atoms with E-state index >= 15 is 0 Å². The van der Waals surface area contributed by atoms with Gasteiger partial charge in [-0.15, -0.1) is 11.3 Å². The number of aliphatic carboxylic acids is 1. The predicted octanol–water partition coefficient (Wildman–Crippen LogP) is 1.61. The number of rotatable bonds is 4. The highest BCUT2D eigenvalue weighted by Gasteiger charge is 2.51. The molecule has 1 fully saturated rings. The van der Waals surface area contributed by atoms with E-state index in [-0.39, 0.29) is 5.92 Å². The van der Waals surface area contributed by atoms with Crippen molar-refractivity contribution in [3.8, 4) is 0 Å². The van der Waals surface area contributed by atoms with Gasteiger partial charge in [0.25, 0.3) is 5.91 Å². The maximum Gasteiger partial charge on any atom is 0.329 e. The van der Waals surface area contributed by atoms with Crippen molar-refractivity contribution >= 4 is 23.2 Å². The smallest absolute Gasteiger partial charge is 0.329 e. The van der Waals surface area contributed by atoms with Crippen LogP contribution < -0.4 is 5.32 Å². The summed E-state index contributed by atoms with van der Waals surface area (Å²) in [6.45, 7) is 4.00. The minimum absolute atomic E-state index is 0.274.